The lowest BCUT2D eigenvalue weighted by molar-refractivity contribution is 0.0697. The second kappa shape index (κ2) is 5.53. The van der Waals surface area contributed by atoms with E-state index in [4.69, 9.17) is 16.7 Å². The summed E-state index contributed by atoms with van der Waals surface area (Å²) >= 11 is 5.68. The number of amides is 1. The van der Waals surface area contributed by atoms with Crippen LogP contribution in [0.2, 0.25) is 5.02 Å². The second-order valence-electron chi connectivity index (χ2n) is 4.21. The molecule has 0 saturated carbocycles. The molecule has 0 unspecified atom stereocenters. The fourth-order valence-corrected chi connectivity index (χ4v) is 2.02. The first-order chi connectivity index (χ1) is 9.81. The first-order valence-electron chi connectivity index (χ1n) is 5.68. The minimum absolute atomic E-state index is 0.00537. The highest BCUT2D eigenvalue weighted by Crippen LogP contribution is 2.24. The maximum atomic E-state index is 13.2. The maximum absolute atomic E-state index is 13.2. The van der Waals surface area contributed by atoms with Gasteiger partial charge in [0.2, 0.25) is 0 Å². The van der Waals surface area contributed by atoms with Crippen molar-refractivity contribution in [2.75, 3.05) is 5.32 Å². The van der Waals surface area contributed by atoms with Crippen LogP contribution in [0.3, 0.4) is 0 Å². The Morgan fingerprint density at radius 1 is 1.29 bits per heavy atom. The topological polar surface area (TPSA) is 82.2 Å². The summed E-state index contributed by atoms with van der Waals surface area (Å²) in [5.74, 6) is -4.49. The van der Waals surface area contributed by atoms with Gasteiger partial charge in [-0.1, -0.05) is 11.6 Å². The van der Waals surface area contributed by atoms with E-state index in [2.05, 4.69) is 10.3 Å². The van der Waals surface area contributed by atoms with Crippen LogP contribution in [0, 0.1) is 18.6 Å². The lowest BCUT2D eigenvalue weighted by atomic mass is 10.1. The summed E-state index contributed by atoms with van der Waals surface area (Å²) < 4.78 is 26.1. The van der Waals surface area contributed by atoms with Gasteiger partial charge in [-0.05, 0) is 19.1 Å². The molecule has 1 aromatic heterocycles. The fraction of sp³-hybridized carbons (Fsp3) is 0.0769. The van der Waals surface area contributed by atoms with E-state index in [1.807, 2.05) is 0 Å². The van der Waals surface area contributed by atoms with Gasteiger partial charge in [0.05, 0.1) is 16.3 Å². The summed E-state index contributed by atoms with van der Waals surface area (Å²) in [6, 6.07) is 1.32. The molecule has 21 heavy (non-hydrogen) atoms. The molecule has 8 heteroatoms. The highest BCUT2D eigenvalue weighted by atomic mass is 35.5. The van der Waals surface area contributed by atoms with Crippen molar-refractivity contribution in [2.24, 2.45) is 0 Å². The van der Waals surface area contributed by atoms with Crippen LogP contribution in [0.1, 0.15) is 26.4 Å². The number of carboxylic acid groups (broad SMARTS) is 1. The molecule has 3 N–H and O–H groups in total. The smallest absolute Gasteiger partial charge is 0.339 e. The Kier molecular flexibility index (Phi) is 3.95. The zero-order chi connectivity index (χ0) is 15.7. The molecule has 1 heterocycles. The monoisotopic (exact) mass is 314 g/mol. The molecular formula is C13H9ClF2N2O3. The van der Waals surface area contributed by atoms with Gasteiger partial charge >= 0.3 is 5.97 Å². The standard InChI is InChI=1S/C13H9ClF2N2O3/c1-5-11(13(20)21)10(4-17-5)18-12(19)6-2-8(15)9(16)3-7(6)14/h2-4,17H,1H3,(H,18,19)(H,20,21). The van der Waals surface area contributed by atoms with E-state index >= 15 is 0 Å². The number of H-pyrrole nitrogens is 1. The normalized spacial score (nSPS) is 10.5. The van der Waals surface area contributed by atoms with Gasteiger partial charge in [-0.25, -0.2) is 13.6 Å². The molecule has 2 aromatic rings. The zero-order valence-corrected chi connectivity index (χ0v) is 11.4. The number of carbonyl (C=O) groups is 2. The van der Waals surface area contributed by atoms with E-state index in [0.717, 1.165) is 0 Å². The number of aryl methyl sites for hydroxylation is 1. The van der Waals surface area contributed by atoms with Crippen molar-refractivity contribution in [1.29, 1.82) is 0 Å². The predicted octanol–water partition coefficient (Wildman–Crippen LogP) is 3.21. The molecule has 110 valence electrons. The van der Waals surface area contributed by atoms with E-state index in [0.29, 0.717) is 17.8 Å². The van der Waals surface area contributed by atoms with E-state index in [-0.39, 0.29) is 21.8 Å². The van der Waals surface area contributed by atoms with Crippen molar-refractivity contribution in [3.63, 3.8) is 0 Å². The Labute approximate surface area is 122 Å². The van der Waals surface area contributed by atoms with Crippen LogP contribution in [-0.4, -0.2) is 22.0 Å². The SMILES string of the molecule is Cc1[nH]cc(NC(=O)c2cc(F)c(F)cc2Cl)c1C(=O)O. The Hall–Kier alpha value is -2.41. The number of aromatic nitrogens is 1. The van der Waals surface area contributed by atoms with Gasteiger partial charge < -0.3 is 15.4 Å². The molecule has 5 nitrogen and oxygen atoms in total. The minimum atomic E-state index is -1.24. The van der Waals surface area contributed by atoms with Gasteiger partial charge in [-0.15, -0.1) is 0 Å². The number of hydrogen-bond donors (Lipinski definition) is 3. The van der Waals surface area contributed by atoms with Crippen molar-refractivity contribution in [1.82, 2.24) is 4.98 Å². The van der Waals surface area contributed by atoms with Gasteiger partial charge in [0.25, 0.3) is 5.91 Å². The van der Waals surface area contributed by atoms with Gasteiger partial charge in [-0.3, -0.25) is 4.79 Å². The number of anilines is 1. The predicted molar refractivity (Wildman–Crippen MR) is 71.8 cm³/mol. The summed E-state index contributed by atoms with van der Waals surface area (Å²) in [7, 11) is 0. The third-order valence-electron chi connectivity index (χ3n) is 2.79. The molecular weight excluding hydrogens is 306 g/mol. The van der Waals surface area contributed by atoms with Crippen LogP contribution in [0.25, 0.3) is 0 Å². The van der Waals surface area contributed by atoms with Crippen molar-refractivity contribution in [2.45, 2.75) is 6.92 Å². The molecule has 0 aliphatic carbocycles. The fourth-order valence-electron chi connectivity index (χ4n) is 1.79. The summed E-state index contributed by atoms with van der Waals surface area (Å²) in [6.45, 7) is 1.52. The molecule has 0 aliphatic heterocycles. The number of halogens is 3. The molecule has 0 bridgehead atoms. The third-order valence-corrected chi connectivity index (χ3v) is 3.11. The molecule has 0 aliphatic rings. The first kappa shape index (κ1) is 15.0. The van der Waals surface area contributed by atoms with Gasteiger partial charge in [-0.2, -0.15) is 0 Å². The van der Waals surface area contributed by atoms with Gasteiger partial charge in [0.15, 0.2) is 11.6 Å². The number of hydrogen-bond acceptors (Lipinski definition) is 2. The number of aromatic amines is 1. The van der Waals surface area contributed by atoms with Crippen molar-refractivity contribution in [3.05, 3.63) is 51.8 Å². The Balaban J connectivity index is 2.35. The second-order valence-corrected chi connectivity index (χ2v) is 4.61. The Bertz CT molecular complexity index is 743. The van der Waals surface area contributed by atoms with E-state index < -0.39 is 23.5 Å². The zero-order valence-electron chi connectivity index (χ0n) is 10.6. The lowest BCUT2D eigenvalue weighted by Crippen LogP contribution is -2.15. The Morgan fingerprint density at radius 3 is 2.52 bits per heavy atom. The number of nitrogens with one attached hydrogen (secondary N) is 2. The summed E-state index contributed by atoms with van der Waals surface area (Å²) in [4.78, 5) is 25.7. The largest absolute Gasteiger partial charge is 0.478 e. The molecule has 2 rings (SSSR count). The average molecular weight is 315 g/mol. The summed E-state index contributed by atoms with van der Waals surface area (Å²) in [5.41, 5.74) is -0.0761. The highest BCUT2D eigenvalue weighted by molar-refractivity contribution is 6.34. The highest BCUT2D eigenvalue weighted by Gasteiger charge is 2.20. The van der Waals surface area contributed by atoms with Crippen LogP contribution in [0.15, 0.2) is 18.3 Å². The van der Waals surface area contributed by atoms with Crippen LogP contribution in [-0.2, 0) is 0 Å². The maximum Gasteiger partial charge on any atom is 0.339 e. The van der Waals surface area contributed by atoms with Crippen molar-refractivity contribution < 1.29 is 23.5 Å². The number of rotatable bonds is 3. The lowest BCUT2D eigenvalue weighted by Gasteiger charge is -2.07. The van der Waals surface area contributed by atoms with Crippen LogP contribution >= 0.6 is 11.6 Å². The average Bonchev–Trinajstić information content (AvgIpc) is 2.74. The third kappa shape index (κ3) is 2.87. The first-order valence-corrected chi connectivity index (χ1v) is 6.06. The minimum Gasteiger partial charge on any atom is -0.478 e. The van der Waals surface area contributed by atoms with Gasteiger partial charge in [0, 0.05) is 11.9 Å². The number of benzene rings is 1. The summed E-state index contributed by atoms with van der Waals surface area (Å²) in [6.07, 6.45) is 1.28. The Morgan fingerprint density at radius 2 is 1.90 bits per heavy atom. The van der Waals surface area contributed by atoms with Crippen molar-refractivity contribution >= 4 is 29.2 Å². The van der Waals surface area contributed by atoms with E-state index in [1.165, 1.54) is 13.1 Å². The van der Waals surface area contributed by atoms with E-state index in [9.17, 15) is 18.4 Å². The molecule has 0 spiro atoms. The molecule has 1 aromatic carbocycles. The van der Waals surface area contributed by atoms with Crippen LogP contribution in [0.5, 0.6) is 0 Å². The quantitative estimate of drug-likeness (QED) is 0.761. The number of carbonyl (C=O) groups excluding carboxylic acids is 1. The summed E-state index contributed by atoms with van der Waals surface area (Å²) in [5, 5.41) is 11.1. The number of aromatic carboxylic acids is 1. The molecule has 0 saturated heterocycles. The van der Waals surface area contributed by atoms with Gasteiger partial charge in [0.1, 0.15) is 5.56 Å². The number of carboxylic acids is 1. The van der Waals surface area contributed by atoms with Crippen LogP contribution in [0.4, 0.5) is 14.5 Å². The molecule has 0 fully saturated rings. The van der Waals surface area contributed by atoms with Crippen LogP contribution < -0.4 is 5.32 Å². The van der Waals surface area contributed by atoms with E-state index in [1.54, 1.807) is 0 Å². The molecule has 0 atom stereocenters. The molecule has 0 radical (unpaired) electrons. The van der Waals surface area contributed by atoms with Crippen molar-refractivity contribution in [3.8, 4) is 0 Å². The molecule has 1 amide bonds.